The van der Waals surface area contributed by atoms with Crippen molar-refractivity contribution in [2.24, 2.45) is 23.7 Å². The molecule has 3 heterocycles. The highest BCUT2D eigenvalue weighted by Gasteiger charge is 2.77. The van der Waals surface area contributed by atoms with Gasteiger partial charge in [-0.3, -0.25) is 39.4 Å². The van der Waals surface area contributed by atoms with Crippen LogP contribution in [0.1, 0.15) is 18.4 Å². The van der Waals surface area contributed by atoms with Gasteiger partial charge >= 0.3 is 11.4 Å². The van der Waals surface area contributed by atoms with E-state index >= 15 is 8.78 Å². The molecule has 0 aromatic heterocycles. The molecule has 59 heavy (non-hydrogen) atoms. The summed E-state index contributed by atoms with van der Waals surface area (Å²) in [5, 5.41) is 34.5. The molecule has 2 aliphatic carbocycles. The standard InChI is InChI=1S/C37H24Cl2F5N5O10/c1-45(2)30-20(48(55)56)9-15(10-21(30)49(57)58)46-32(51)18-5-4-17-19(23(18)33(46)52)11-36(38)34(53)47(31-28(43)26(41)25(40)27(42)29(31)44)35(54)37(36,39)24(17)14-7-13-8-16(50)3-6-22(13)59-12-14/h3-4,6,8-10,12,18-19,23-24,50H,5,7,11H2,1-2H3. The first-order chi connectivity index (χ1) is 27.7. The molecule has 0 bridgehead atoms. The molecule has 1 saturated carbocycles. The van der Waals surface area contributed by atoms with Gasteiger partial charge in [-0.2, -0.15) is 0 Å². The quantitative estimate of drug-likeness (QED) is 0.0441. The second-order valence-corrected chi connectivity index (χ2v) is 16.0. The number of imide groups is 2. The van der Waals surface area contributed by atoms with Crippen molar-refractivity contribution in [3.05, 3.63) is 109 Å². The third-order valence-corrected chi connectivity index (χ3v) is 12.9. The Morgan fingerprint density at radius 3 is 2.02 bits per heavy atom. The highest BCUT2D eigenvalue weighted by atomic mass is 35.5. The minimum Gasteiger partial charge on any atom is -0.508 e. The summed E-state index contributed by atoms with van der Waals surface area (Å²) in [5.41, 5.74) is -4.17. The lowest BCUT2D eigenvalue weighted by Gasteiger charge is -2.51. The molecule has 0 radical (unpaired) electrons. The predicted molar refractivity (Wildman–Crippen MR) is 194 cm³/mol. The number of hydrogen-bond acceptors (Lipinski definition) is 11. The van der Waals surface area contributed by atoms with Crippen molar-refractivity contribution in [1.29, 1.82) is 0 Å². The highest BCUT2D eigenvalue weighted by molar-refractivity contribution is 6.58. The number of allylic oxidation sites excluding steroid dienone is 3. The predicted octanol–water partition coefficient (Wildman–Crippen LogP) is 6.09. The molecule has 4 amide bonds. The number of fused-ring (bicyclic) bond motifs is 5. The maximum Gasteiger partial charge on any atom is 0.301 e. The fourth-order valence-electron chi connectivity index (χ4n) is 9.09. The van der Waals surface area contributed by atoms with Crippen LogP contribution in [0.15, 0.2) is 53.8 Å². The summed E-state index contributed by atoms with van der Waals surface area (Å²) in [6.45, 7) is 0. The van der Waals surface area contributed by atoms with Gasteiger partial charge in [0, 0.05) is 44.1 Å². The van der Waals surface area contributed by atoms with Crippen molar-refractivity contribution in [2.75, 3.05) is 28.8 Å². The van der Waals surface area contributed by atoms with E-state index in [4.69, 9.17) is 27.9 Å². The molecule has 2 saturated heterocycles. The fourth-order valence-corrected chi connectivity index (χ4v) is 10.0. The van der Waals surface area contributed by atoms with E-state index in [0.29, 0.717) is 10.5 Å². The number of phenolic OH excluding ortho intramolecular Hbond substituents is 1. The van der Waals surface area contributed by atoms with Crippen LogP contribution >= 0.6 is 23.2 Å². The molecule has 6 unspecified atom stereocenters. The molecular formula is C37H24Cl2F5N5O10. The van der Waals surface area contributed by atoms with E-state index in [-0.39, 0.29) is 40.4 Å². The smallest absolute Gasteiger partial charge is 0.301 e. The number of benzene rings is 3. The lowest BCUT2D eigenvalue weighted by Crippen LogP contribution is -2.61. The molecular weight excluding hydrogens is 840 g/mol. The van der Waals surface area contributed by atoms with Crippen LogP contribution in [0.2, 0.25) is 0 Å². The molecule has 1 N–H and O–H groups in total. The number of anilines is 3. The van der Waals surface area contributed by atoms with Gasteiger partial charge in [0.1, 0.15) is 17.2 Å². The van der Waals surface area contributed by atoms with E-state index < -0.39 is 131 Å². The first-order valence-corrected chi connectivity index (χ1v) is 18.1. The van der Waals surface area contributed by atoms with Crippen LogP contribution in [-0.2, 0) is 25.6 Å². The molecule has 0 spiro atoms. The van der Waals surface area contributed by atoms with Gasteiger partial charge in [-0.05, 0) is 42.5 Å². The Balaban J connectivity index is 1.30. The normalized spacial score (nSPS) is 27.1. The van der Waals surface area contributed by atoms with Crippen molar-refractivity contribution in [3.8, 4) is 11.5 Å². The Morgan fingerprint density at radius 1 is 0.847 bits per heavy atom. The van der Waals surface area contributed by atoms with Crippen LogP contribution in [-0.4, -0.2) is 62.4 Å². The van der Waals surface area contributed by atoms with E-state index in [0.717, 1.165) is 23.3 Å². The number of carbonyl (C=O) groups excluding carboxylic acids is 4. The molecule has 3 aromatic carbocycles. The number of hydrogen-bond donors (Lipinski definition) is 1. The number of alkyl halides is 2. The van der Waals surface area contributed by atoms with Crippen molar-refractivity contribution >= 4 is 75.3 Å². The minimum atomic E-state index is -2.86. The first kappa shape index (κ1) is 39.7. The zero-order chi connectivity index (χ0) is 42.9. The molecule has 6 atom stereocenters. The molecule has 3 aliphatic heterocycles. The molecule has 306 valence electrons. The van der Waals surface area contributed by atoms with Gasteiger partial charge in [0.2, 0.25) is 17.6 Å². The molecule has 3 aromatic rings. The largest absolute Gasteiger partial charge is 0.508 e. The zero-order valence-corrected chi connectivity index (χ0v) is 31.5. The van der Waals surface area contributed by atoms with Gasteiger partial charge in [-0.1, -0.05) is 11.6 Å². The summed E-state index contributed by atoms with van der Waals surface area (Å²) < 4.78 is 79.9. The van der Waals surface area contributed by atoms with Crippen molar-refractivity contribution in [3.63, 3.8) is 0 Å². The summed E-state index contributed by atoms with van der Waals surface area (Å²) in [6, 6.07) is 5.61. The maximum absolute atomic E-state index is 15.4. The Bertz CT molecular complexity index is 2550. The number of carbonyl (C=O) groups is 4. The summed E-state index contributed by atoms with van der Waals surface area (Å²) in [7, 11) is 2.61. The average molecular weight is 865 g/mol. The first-order valence-electron chi connectivity index (χ1n) is 17.3. The van der Waals surface area contributed by atoms with Gasteiger partial charge in [0.05, 0.1) is 33.6 Å². The highest BCUT2D eigenvalue weighted by Crippen LogP contribution is 2.65. The Labute approximate surface area is 337 Å². The maximum atomic E-state index is 15.4. The number of ether oxygens (including phenoxy) is 1. The van der Waals surface area contributed by atoms with E-state index in [1.807, 2.05) is 0 Å². The van der Waals surface area contributed by atoms with Gasteiger partial charge in [0.25, 0.3) is 11.8 Å². The summed E-state index contributed by atoms with van der Waals surface area (Å²) in [6.07, 6.45) is 1.20. The number of rotatable bonds is 6. The van der Waals surface area contributed by atoms with Crippen molar-refractivity contribution < 1.29 is 60.8 Å². The van der Waals surface area contributed by atoms with Crippen molar-refractivity contribution in [2.45, 2.75) is 29.0 Å². The van der Waals surface area contributed by atoms with E-state index in [9.17, 15) is 57.7 Å². The van der Waals surface area contributed by atoms with Crippen molar-refractivity contribution in [1.82, 2.24) is 0 Å². The summed E-state index contributed by atoms with van der Waals surface area (Å²) in [4.78, 5) is 75.8. The Kier molecular flexibility index (Phi) is 8.86. The second kappa shape index (κ2) is 13.2. The SMILES string of the molecule is CN(C)c1c([N+](=O)[O-])cc(N2C(=O)C3CC=C4C(CC5(Cl)C(=O)N(c6c(F)c(F)c(F)c(F)c6F)C(=O)C5(Cl)C4C4=COc5ccc(O)cc5C4)C3C2=O)cc1[N+](=O)[O-]. The number of halogens is 7. The molecule has 15 nitrogen and oxygen atoms in total. The molecule has 8 rings (SSSR count). The number of nitro groups is 2. The molecule has 5 aliphatic rings. The third-order valence-electron chi connectivity index (χ3n) is 11.5. The lowest BCUT2D eigenvalue weighted by atomic mass is 9.56. The fraction of sp³-hybridized carbons (Fsp3) is 0.297. The van der Waals surface area contributed by atoms with Crippen LogP contribution < -0.4 is 19.4 Å². The van der Waals surface area contributed by atoms with Gasteiger partial charge in [0.15, 0.2) is 38.7 Å². The number of phenols is 1. The van der Waals surface area contributed by atoms with E-state index in [2.05, 4.69) is 0 Å². The summed E-state index contributed by atoms with van der Waals surface area (Å²) in [5.74, 6) is -24.0. The molecule has 3 fully saturated rings. The lowest BCUT2D eigenvalue weighted by molar-refractivity contribution is -0.392. The Morgan fingerprint density at radius 2 is 1.44 bits per heavy atom. The third kappa shape index (κ3) is 5.24. The number of amides is 4. The summed E-state index contributed by atoms with van der Waals surface area (Å²) >= 11 is 14.3. The average Bonchev–Trinajstić information content (AvgIpc) is 3.53. The van der Waals surface area contributed by atoms with Gasteiger partial charge in [-0.15, -0.1) is 23.2 Å². The van der Waals surface area contributed by atoms with E-state index in [1.165, 1.54) is 38.4 Å². The van der Waals surface area contributed by atoms with Gasteiger partial charge < -0.3 is 14.7 Å². The molecule has 22 heteroatoms. The number of nitro benzene ring substituents is 2. The zero-order valence-electron chi connectivity index (χ0n) is 30.0. The monoisotopic (exact) mass is 863 g/mol. The number of nitrogens with zero attached hydrogens (tertiary/aromatic N) is 5. The van der Waals surface area contributed by atoms with Crippen LogP contribution in [0.5, 0.6) is 11.5 Å². The number of aromatic hydroxyl groups is 1. The van der Waals surface area contributed by atoms with Crippen LogP contribution in [0.4, 0.5) is 50.4 Å². The van der Waals surface area contributed by atoms with E-state index in [1.54, 1.807) is 0 Å². The second-order valence-electron chi connectivity index (χ2n) is 14.7. The minimum absolute atomic E-state index is 0.0390. The topological polar surface area (TPSA) is 194 Å². The van der Waals surface area contributed by atoms with Crippen LogP contribution in [0, 0.1) is 73.0 Å². The van der Waals surface area contributed by atoms with Gasteiger partial charge in [-0.25, -0.2) is 31.8 Å². The van der Waals surface area contributed by atoms with Crippen LogP contribution in [0.3, 0.4) is 0 Å². The van der Waals surface area contributed by atoms with Crippen LogP contribution in [0.25, 0.3) is 0 Å². The Hall–Kier alpha value is -6.15.